The fourth-order valence-electron chi connectivity index (χ4n) is 7.95. The van der Waals surface area contributed by atoms with Crippen LogP contribution in [0.2, 0.25) is 10.0 Å². The van der Waals surface area contributed by atoms with Gasteiger partial charge in [0.25, 0.3) is 0 Å². The lowest BCUT2D eigenvalue weighted by Crippen LogP contribution is -2.70. The number of amides is 3. The van der Waals surface area contributed by atoms with Gasteiger partial charge in [0.1, 0.15) is 11.2 Å². The Bertz CT molecular complexity index is 1480. The molecule has 230 valence electrons. The lowest BCUT2D eigenvalue weighted by Gasteiger charge is -2.59. The molecule has 0 radical (unpaired) electrons. The van der Waals surface area contributed by atoms with Gasteiger partial charge in [-0.2, -0.15) is 0 Å². The molecule has 2 saturated heterocycles. The van der Waals surface area contributed by atoms with E-state index >= 15 is 4.39 Å². The molecule has 0 aromatic heterocycles. The molecule has 1 saturated carbocycles. The molecule has 8 nitrogen and oxygen atoms in total. The predicted molar refractivity (Wildman–Crippen MR) is 154 cm³/mol. The van der Waals surface area contributed by atoms with E-state index < -0.39 is 71.3 Å². The van der Waals surface area contributed by atoms with Gasteiger partial charge in [0.2, 0.25) is 17.7 Å². The van der Waals surface area contributed by atoms with Crippen LogP contribution in [0.1, 0.15) is 49.1 Å². The van der Waals surface area contributed by atoms with Crippen molar-refractivity contribution in [1.82, 2.24) is 10.6 Å². The van der Waals surface area contributed by atoms with Crippen LogP contribution in [0.25, 0.3) is 0 Å². The van der Waals surface area contributed by atoms with Crippen molar-refractivity contribution in [2.24, 2.45) is 11.1 Å². The molecule has 3 amide bonds. The summed E-state index contributed by atoms with van der Waals surface area (Å²) in [4.78, 5) is 39.7. The number of fused-ring (bicyclic) bond motifs is 3. The lowest BCUT2D eigenvalue weighted by molar-refractivity contribution is -0.131. The Hall–Kier alpha value is -2.86. The Labute approximate surface area is 256 Å². The Balaban J connectivity index is 1.45. The van der Waals surface area contributed by atoms with Gasteiger partial charge < -0.3 is 21.1 Å². The number of carbonyl (C=O) groups excluding carboxylic acids is 3. The minimum absolute atomic E-state index is 0.0226. The maximum Gasteiger partial charge on any atom is 0.238 e. The molecule has 1 aliphatic carbocycles. The van der Waals surface area contributed by atoms with E-state index in [1.165, 1.54) is 18.2 Å². The van der Waals surface area contributed by atoms with E-state index in [0.29, 0.717) is 29.1 Å². The van der Waals surface area contributed by atoms with Crippen molar-refractivity contribution < 1.29 is 32.3 Å². The SMILES string of the molecule is NC(=O)C[C@@H]1CC[C@@H](NC(=O)C2NC3(CC(CF)(CF)C3)C3(C(=O)Nc4cc(Cl)ccc43)C2c2cccc(Cl)c2F)CO1. The summed E-state index contributed by atoms with van der Waals surface area (Å²) in [5.41, 5.74) is 1.85. The third kappa shape index (κ3) is 4.62. The van der Waals surface area contributed by atoms with Crippen molar-refractivity contribution in [2.45, 2.75) is 67.2 Å². The monoisotopic (exact) mass is 638 g/mol. The molecule has 13 heteroatoms. The molecule has 5 N–H and O–H groups in total. The highest BCUT2D eigenvalue weighted by atomic mass is 35.5. The molecule has 2 aromatic carbocycles. The summed E-state index contributed by atoms with van der Waals surface area (Å²) in [6.07, 6.45) is 0.481. The van der Waals surface area contributed by atoms with E-state index in [2.05, 4.69) is 16.0 Å². The number of primary amides is 1. The molecular formula is C30H31Cl2F3N4O4. The van der Waals surface area contributed by atoms with E-state index in [1.807, 2.05) is 0 Å². The highest BCUT2D eigenvalue weighted by Gasteiger charge is 2.78. The van der Waals surface area contributed by atoms with Crippen molar-refractivity contribution in [2.75, 3.05) is 25.3 Å². The Morgan fingerprint density at radius 1 is 1.12 bits per heavy atom. The number of carbonyl (C=O) groups is 3. The van der Waals surface area contributed by atoms with Gasteiger partial charge in [-0.05, 0) is 55.0 Å². The summed E-state index contributed by atoms with van der Waals surface area (Å²) < 4.78 is 50.2. The van der Waals surface area contributed by atoms with Gasteiger partial charge in [-0.1, -0.05) is 41.4 Å². The van der Waals surface area contributed by atoms with Crippen LogP contribution in [0.5, 0.6) is 0 Å². The average Bonchev–Trinajstić information content (AvgIpc) is 3.42. The van der Waals surface area contributed by atoms with Crippen LogP contribution in [0.4, 0.5) is 18.9 Å². The number of anilines is 1. The van der Waals surface area contributed by atoms with Crippen LogP contribution >= 0.6 is 23.2 Å². The topological polar surface area (TPSA) is 123 Å². The zero-order valence-corrected chi connectivity index (χ0v) is 24.5. The normalized spacial score (nSPS) is 30.1. The van der Waals surface area contributed by atoms with Gasteiger partial charge in [0.15, 0.2) is 0 Å². The number of benzene rings is 2. The maximum atomic E-state index is 15.9. The molecule has 2 aromatic rings. The number of alkyl halides is 2. The molecule has 3 heterocycles. The van der Waals surface area contributed by atoms with Crippen molar-refractivity contribution in [3.63, 3.8) is 0 Å². The van der Waals surface area contributed by atoms with Gasteiger partial charge in [-0.3, -0.25) is 28.5 Å². The first-order chi connectivity index (χ1) is 20.5. The fourth-order valence-corrected chi connectivity index (χ4v) is 8.31. The maximum absolute atomic E-state index is 15.9. The third-order valence-corrected chi connectivity index (χ3v) is 10.2. The molecule has 43 heavy (non-hydrogen) atoms. The highest BCUT2D eigenvalue weighted by Crippen LogP contribution is 2.68. The summed E-state index contributed by atoms with van der Waals surface area (Å²) in [5.74, 6) is -3.50. The number of ether oxygens (including phenoxy) is 1. The number of nitrogens with two attached hydrogens (primary N) is 1. The van der Waals surface area contributed by atoms with E-state index in [9.17, 15) is 23.2 Å². The summed E-state index contributed by atoms with van der Waals surface area (Å²) >= 11 is 12.5. The van der Waals surface area contributed by atoms with Gasteiger partial charge in [-0.25, -0.2) is 4.39 Å². The summed E-state index contributed by atoms with van der Waals surface area (Å²) in [5, 5.41) is 9.28. The predicted octanol–water partition coefficient (Wildman–Crippen LogP) is 4.08. The number of nitrogens with one attached hydrogen (secondary N) is 3. The highest BCUT2D eigenvalue weighted by molar-refractivity contribution is 6.31. The lowest BCUT2D eigenvalue weighted by atomic mass is 9.46. The third-order valence-electron chi connectivity index (χ3n) is 9.66. The molecule has 2 spiro atoms. The average molecular weight is 640 g/mol. The molecule has 0 bridgehead atoms. The fraction of sp³-hybridized carbons (Fsp3) is 0.500. The second-order valence-electron chi connectivity index (χ2n) is 12.3. The first-order valence-electron chi connectivity index (χ1n) is 14.1. The van der Waals surface area contributed by atoms with Crippen LogP contribution in [0.15, 0.2) is 36.4 Å². The number of hydrogen-bond acceptors (Lipinski definition) is 5. The standard InChI is InChI=1S/C30H31Cl2F3N4O4/c31-15-4-7-19-21(8-15)38-27(42)30(19)23(18-2-1-3-20(32)24(18)35)25(39-29(30)11-28(12-29,13-33)14-34)26(41)37-16-5-6-17(43-10-16)9-22(36)40/h1-4,7-8,16-17,23,25,39H,5-6,9-14H2,(H2,36,40)(H,37,41)(H,38,42)/t16-,17+,23?,25?,30?/m1/s1. The molecule has 3 fully saturated rings. The smallest absolute Gasteiger partial charge is 0.238 e. The number of halogens is 5. The van der Waals surface area contributed by atoms with E-state index in [1.54, 1.807) is 18.2 Å². The minimum atomic E-state index is -1.63. The first kappa shape index (κ1) is 30.2. The van der Waals surface area contributed by atoms with Crippen molar-refractivity contribution in [3.05, 3.63) is 63.4 Å². The first-order valence-corrected chi connectivity index (χ1v) is 14.9. The quantitative estimate of drug-likeness (QED) is 0.364. The van der Waals surface area contributed by atoms with Crippen molar-refractivity contribution in [1.29, 1.82) is 0 Å². The molecule has 5 atom stereocenters. The van der Waals surface area contributed by atoms with Crippen LogP contribution in [-0.2, 0) is 24.5 Å². The van der Waals surface area contributed by atoms with Crippen LogP contribution in [-0.4, -0.2) is 61.4 Å². The molecular weight excluding hydrogens is 608 g/mol. The molecule has 6 rings (SSSR count). The largest absolute Gasteiger partial charge is 0.376 e. The summed E-state index contributed by atoms with van der Waals surface area (Å²) in [6, 6.07) is 7.55. The summed E-state index contributed by atoms with van der Waals surface area (Å²) in [7, 11) is 0. The molecule has 3 aliphatic heterocycles. The zero-order valence-electron chi connectivity index (χ0n) is 23.0. The molecule has 4 aliphatic rings. The molecule has 3 unspecified atom stereocenters. The van der Waals surface area contributed by atoms with Gasteiger partial charge in [0.05, 0.1) is 49.6 Å². The Kier molecular flexibility index (Phi) is 7.68. The second kappa shape index (κ2) is 10.9. The van der Waals surface area contributed by atoms with Gasteiger partial charge in [-0.15, -0.1) is 0 Å². The van der Waals surface area contributed by atoms with Crippen LogP contribution < -0.4 is 21.7 Å². The number of rotatable bonds is 7. The minimum Gasteiger partial charge on any atom is -0.376 e. The van der Waals surface area contributed by atoms with Crippen molar-refractivity contribution in [3.8, 4) is 0 Å². The van der Waals surface area contributed by atoms with Gasteiger partial charge >= 0.3 is 0 Å². The van der Waals surface area contributed by atoms with Gasteiger partial charge in [0, 0.05) is 27.6 Å². The van der Waals surface area contributed by atoms with Crippen LogP contribution in [0.3, 0.4) is 0 Å². The second-order valence-corrected chi connectivity index (χ2v) is 13.1. The van der Waals surface area contributed by atoms with E-state index in [0.717, 1.165) is 0 Å². The van der Waals surface area contributed by atoms with Crippen molar-refractivity contribution >= 4 is 46.6 Å². The number of hydrogen-bond donors (Lipinski definition) is 4. The van der Waals surface area contributed by atoms with Crippen LogP contribution in [0, 0.1) is 11.2 Å². The Morgan fingerprint density at radius 3 is 2.51 bits per heavy atom. The summed E-state index contributed by atoms with van der Waals surface area (Å²) in [6.45, 7) is -1.80. The Morgan fingerprint density at radius 2 is 1.86 bits per heavy atom. The van der Waals surface area contributed by atoms with E-state index in [-0.39, 0.29) is 42.6 Å². The van der Waals surface area contributed by atoms with E-state index in [4.69, 9.17) is 33.7 Å². The zero-order chi connectivity index (χ0) is 30.7.